The summed E-state index contributed by atoms with van der Waals surface area (Å²) in [5.41, 5.74) is 15.4. The molecule has 4 N–H and O–H groups in total. The van der Waals surface area contributed by atoms with Gasteiger partial charge in [-0.25, -0.2) is 0 Å². The fraction of sp³-hybridized carbons (Fsp3) is 0.400. The minimum Gasteiger partial charge on any atom is -0.397 e. The number of rotatable bonds is 2. The normalized spacial score (nSPS) is 10.2. The van der Waals surface area contributed by atoms with Gasteiger partial charge in [0.05, 0.1) is 11.4 Å². The second-order valence-electron chi connectivity index (χ2n) is 2.96. The lowest BCUT2D eigenvalue weighted by Crippen LogP contribution is -1.99. The number of nitrogens with two attached hydrogens (primary N) is 2. The van der Waals surface area contributed by atoms with Crippen molar-refractivity contribution in [2.45, 2.75) is 26.7 Å². The van der Waals surface area contributed by atoms with Gasteiger partial charge in [-0.15, -0.1) is 0 Å². The first-order chi connectivity index (χ1) is 5.69. The molecule has 1 aromatic carbocycles. The molecule has 0 spiro atoms. The van der Waals surface area contributed by atoms with Crippen LogP contribution in [-0.4, -0.2) is 0 Å². The second kappa shape index (κ2) is 3.48. The molecule has 0 amide bonds. The van der Waals surface area contributed by atoms with Crippen LogP contribution in [0.4, 0.5) is 11.4 Å². The predicted octanol–water partition coefficient (Wildman–Crippen LogP) is 1.98. The maximum atomic E-state index is 5.69. The number of hydrogen-bond donors (Lipinski definition) is 2. The smallest absolute Gasteiger partial charge is 0.0550 e. The molecule has 2 nitrogen and oxygen atoms in total. The molecule has 0 unspecified atom stereocenters. The Hall–Kier alpha value is -1.18. The van der Waals surface area contributed by atoms with Gasteiger partial charge in [-0.1, -0.05) is 13.8 Å². The highest BCUT2D eigenvalue weighted by Gasteiger charge is 2.02. The van der Waals surface area contributed by atoms with Crippen molar-refractivity contribution in [3.05, 3.63) is 23.3 Å². The van der Waals surface area contributed by atoms with Crippen molar-refractivity contribution in [1.82, 2.24) is 0 Å². The molecule has 0 aliphatic heterocycles. The summed E-state index contributed by atoms with van der Waals surface area (Å²) >= 11 is 0. The summed E-state index contributed by atoms with van der Waals surface area (Å²) in [5.74, 6) is 0. The lowest BCUT2D eigenvalue weighted by molar-refractivity contribution is 1.04. The summed E-state index contributed by atoms with van der Waals surface area (Å²) < 4.78 is 0. The Morgan fingerprint density at radius 1 is 0.917 bits per heavy atom. The molecule has 0 fully saturated rings. The molecule has 0 heterocycles. The molecule has 0 saturated carbocycles. The Morgan fingerprint density at radius 2 is 1.25 bits per heavy atom. The zero-order chi connectivity index (χ0) is 9.14. The van der Waals surface area contributed by atoms with E-state index in [1.807, 2.05) is 12.1 Å². The molecule has 0 aliphatic carbocycles. The summed E-state index contributed by atoms with van der Waals surface area (Å²) in [5, 5.41) is 0. The van der Waals surface area contributed by atoms with Gasteiger partial charge in [0.15, 0.2) is 0 Å². The van der Waals surface area contributed by atoms with E-state index in [-0.39, 0.29) is 0 Å². The van der Waals surface area contributed by atoms with Gasteiger partial charge in [0, 0.05) is 0 Å². The van der Waals surface area contributed by atoms with Crippen LogP contribution in [0.5, 0.6) is 0 Å². The average Bonchev–Trinajstić information content (AvgIpc) is 2.09. The summed E-state index contributed by atoms with van der Waals surface area (Å²) in [6.07, 6.45) is 2.04. The summed E-state index contributed by atoms with van der Waals surface area (Å²) in [6.45, 7) is 4.26. The van der Waals surface area contributed by atoms with E-state index >= 15 is 0 Å². The molecule has 0 saturated heterocycles. The standard InChI is InChI=1S/C10H16N2/c1-3-7-5-9(11)10(12)6-8(7)4-2/h5-6H,3-4,11-12H2,1-2H3. The van der Waals surface area contributed by atoms with Crippen LogP contribution in [0.1, 0.15) is 25.0 Å². The Morgan fingerprint density at radius 3 is 1.50 bits per heavy atom. The highest BCUT2D eigenvalue weighted by molar-refractivity contribution is 5.65. The lowest BCUT2D eigenvalue weighted by Gasteiger charge is -2.08. The minimum absolute atomic E-state index is 0.698. The van der Waals surface area contributed by atoms with Gasteiger partial charge in [-0.2, -0.15) is 0 Å². The topological polar surface area (TPSA) is 52.0 Å². The zero-order valence-corrected chi connectivity index (χ0v) is 7.72. The van der Waals surface area contributed by atoms with Gasteiger partial charge in [-0.05, 0) is 36.1 Å². The molecule has 1 rings (SSSR count). The third-order valence-corrected chi connectivity index (χ3v) is 2.17. The predicted molar refractivity (Wildman–Crippen MR) is 54.0 cm³/mol. The molecule has 0 bridgehead atoms. The van der Waals surface area contributed by atoms with Gasteiger partial charge in [0.2, 0.25) is 0 Å². The third kappa shape index (κ3) is 1.52. The fourth-order valence-electron chi connectivity index (χ4n) is 1.39. The molecule has 66 valence electrons. The molecular weight excluding hydrogens is 148 g/mol. The lowest BCUT2D eigenvalue weighted by atomic mass is 10.0. The molecule has 0 radical (unpaired) electrons. The van der Waals surface area contributed by atoms with Crippen molar-refractivity contribution in [3.8, 4) is 0 Å². The van der Waals surface area contributed by atoms with Crippen molar-refractivity contribution in [2.24, 2.45) is 0 Å². The maximum Gasteiger partial charge on any atom is 0.0550 e. The van der Waals surface area contributed by atoms with Crippen LogP contribution in [0.15, 0.2) is 12.1 Å². The highest BCUT2D eigenvalue weighted by Crippen LogP contribution is 2.21. The van der Waals surface area contributed by atoms with Gasteiger partial charge >= 0.3 is 0 Å². The Kier molecular flexibility index (Phi) is 2.58. The van der Waals surface area contributed by atoms with Crippen LogP contribution in [0.3, 0.4) is 0 Å². The van der Waals surface area contributed by atoms with Crippen molar-refractivity contribution in [1.29, 1.82) is 0 Å². The minimum atomic E-state index is 0.698. The molecule has 2 heteroatoms. The van der Waals surface area contributed by atoms with Crippen LogP contribution in [-0.2, 0) is 12.8 Å². The molecule has 0 atom stereocenters. The van der Waals surface area contributed by atoms with Crippen LogP contribution in [0.25, 0.3) is 0 Å². The SMILES string of the molecule is CCc1cc(N)c(N)cc1CC. The van der Waals surface area contributed by atoms with Crippen molar-refractivity contribution in [2.75, 3.05) is 11.5 Å². The average molecular weight is 164 g/mol. The van der Waals surface area contributed by atoms with Gasteiger partial charge in [-0.3, -0.25) is 0 Å². The first kappa shape index (κ1) is 8.91. The van der Waals surface area contributed by atoms with E-state index in [2.05, 4.69) is 13.8 Å². The van der Waals surface area contributed by atoms with Crippen LogP contribution < -0.4 is 11.5 Å². The fourth-order valence-corrected chi connectivity index (χ4v) is 1.39. The molecule has 0 aromatic heterocycles. The van der Waals surface area contributed by atoms with E-state index in [4.69, 9.17) is 11.5 Å². The summed E-state index contributed by atoms with van der Waals surface area (Å²) in [6, 6.07) is 3.96. The quantitative estimate of drug-likeness (QED) is 0.657. The third-order valence-electron chi connectivity index (χ3n) is 2.17. The van der Waals surface area contributed by atoms with Gasteiger partial charge in [0.25, 0.3) is 0 Å². The van der Waals surface area contributed by atoms with Crippen molar-refractivity contribution < 1.29 is 0 Å². The van der Waals surface area contributed by atoms with E-state index in [1.165, 1.54) is 11.1 Å². The first-order valence-corrected chi connectivity index (χ1v) is 4.35. The van der Waals surface area contributed by atoms with Crippen molar-refractivity contribution in [3.63, 3.8) is 0 Å². The van der Waals surface area contributed by atoms with E-state index < -0.39 is 0 Å². The zero-order valence-electron chi connectivity index (χ0n) is 7.72. The number of nitrogen functional groups attached to an aromatic ring is 2. The van der Waals surface area contributed by atoms with Gasteiger partial charge in [0.1, 0.15) is 0 Å². The molecule has 12 heavy (non-hydrogen) atoms. The summed E-state index contributed by atoms with van der Waals surface area (Å²) in [4.78, 5) is 0. The van der Waals surface area contributed by atoms with E-state index in [9.17, 15) is 0 Å². The Bertz CT molecular complexity index is 250. The molecule has 1 aromatic rings. The van der Waals surface area contributed by atoms with E-state index in [0.717, 1.165) is 12.8 Å². The number of benzene rings is 1. The molecule has 0 aliphatic rings. The second-order valence-corrected chi connectivity index (χ2v) is 2.96. The number of anilines is 2. The molecular formula is C10H16N2. The van der Waals surface area contributed by atoms with Crippen LogP contribution in [0.2, 0.25) is 0 Å². The largest absolute Gasteiger partial charge is 0.397 e. The number of hydrogen-bond acceptors (Lipinski definition) is 2. The van der Waals surface area contributed by atoms with Crippen LogP contribution >= 0.6 is 0 Å². The maximum absolute atomic E-state index is 5.69. The highest BCUT2D eigenvalue weighted by atomic mass is 14.7. The van der Waals surface area contributed by atoms with Gasteiger partial charge < -0.3 is 11.5 Å². The Labute approximate surface area is 73.6 Å². The monoisotopic (exact) mass is 164 g/mol. The van der Waals surface area contributed by atoms with E-state index in [0.29, 0.717) is 11.4 Å². The van der Waals surface area contributed by atoms with E-state index in [1.54, 1.807) is 0 Å². The van der Waals surface area contributed by atoms with Crippen molar-refractivity contribution >= 4 is 11.4 Å². The number of aryl methyl sites for hydroxylation is 2. The van der Waals surface area contributed by atoms with Crippen LogP contribution in [0, 0.1) is 0 Å². The Balaban J connectivity index is 3.19. The summed E-state index contributed by atoms with van der Waals surface area (Å²) in [7, 11) is 0. The first-order valence-electron chi connectivity index (χ1n) is 4.35.